The standard InChI is InChI=1S/C19H17N5O3/c1-23-17-15(18(26)24(2)19(23)27)9-14(11-21-17)22-16(25)8-7-12-3-5-13(10-20)6-4-12/h3-6,9,11H,7-8H2,1-2H3,(H,22,25). The number of aromatic nitrogens is 3. The van der Waals surface area contributed by atoms with E-state index < -0.39 is 11.2 Å². The van der Waals surface area contributed by atoms with E-state index in [0.29, 0.717) is 17.7 Å². The Morgan fingerprint density at radius 1 is 1.19 bits per heavy atom. The van der Waals surface area contributed by atoms with Crippen LogP contribution in [-0.4, -0.2) is 20.0 Å². The van der Waals surface area contributed by atoms with Crippen LogP contribution in [0.3, 0.4) is 0 Å². The summed E-state index contributed by atoms with van der Waals surface area (Å²) in [4.78, 5) is 40.5. The minimum atomic E-state index is -0.464. The summed E-state index contributed by atoms with van der Waals surface area (Å²) in [6.45, 7) is 0. The molecule has 1 amide bonds. The molecule has 3 rings (SSSR count). The number of aryl methyl sites for hydroxylation is 2. The number of benzene rings is 1. The third kappa shape index (κ3) is 3.62. The average Bonchev–Trinajstić information content (AvgIpc) is 2.69. The van der Waals surface area contributed by atoms with Crippen LogP contribution in [0.5, 0.6) is 0 Å². The molecule has 8 nitrogen and oxygen atoms in total. The van der Waals surface area contributed by atoms with Gasteiger partial charge in [0, 0.05) is 20.5 Å². The number of pyridine rings is 1. The zero-order valence-corrected chi connectivity index (χ0v) is 14.9. The fourth-order valence-electron chi connectivity index (χ4n) is 2.76. The Hall–Kier alpha value is -3.73. The molecule has 2 aromatic heterocycles. The molecule has 1 aromatic carbocycles. The van der Waals surface area contributed by atoms with Crippen molar-refractivity contribution in [3.8, 4) is 6.07 Å². The third-order valence-electron chi connectivity index (χ3n) is 4.30. The molecule has 0 radical (unpaired) electrons. The number of nitrogens with one attached hydrogen (secondary N) is 1. The molecular weight excluding hydrogens is 346 g/mol. The van der Waals surface area contributed by atoms with Crippen LogP contribution in [0.15, 0.2) is 46.1 Å². The smallest absolute Gasteiger partial charge is 0.325 e. The van der Waals surface area contributed by atoms with Gasteiger partial charge in [0.15, 0.2) is 0 Å². The van der Waals surface area contributed by atoms with E-state index in [1.807, 2.05) is 18.2 Å². The predicted molar refractivity (Wildman–Crippen MR) is 100 cm³/mol. The number of fused-ring (bicyclic) bond motifs is 1. The quantitative estimate of drug-likeness (QED) is 0.746. The van der Waals surface area contributed by atoms with Gasteiger partial charge in [0.1, 0.15) is 5.65 Å². The van der Waals surface area contributed by atoms with Gasteiger partial charge in [-0.25, -0.2) is 9.78 Å². The van der Waals surface area contributed by atoms with Crippen molar-refractivity contribution in [1.82, 2.24) is 14.1 Å². The molecule has 0 fully saturated rings. The summed E-state index contributed by atoms with van der Waals surface area (Å²) in [6, 6.07) is 10.6. The monoisotopic (exact) mass is 363 g/mol. The van der Waals surface area contributed by atoms with Gasteiger partial charge in [0.2, 0.25) is 5.91 Å². The van der Waals surface area contributed by atoms with E-state index in [2.05, 4.69) is 10.3 Å². The number of amides is 1. The van der Waals surface area contributed by atoms with Crippen molar-refractivity contribution in [2.24, 2.45) is 14.1 Å². The fourth-order valence-corrected chi connectivity index (χ4v) is 2.76. The highest BCUT2D eigenvalue weighted by Gasteiger charge is 2.11. The number of nitriles is 1. The summed E-state index contributed by atoms with van der Waals surface area (Å²) in [5.74, 6) is -0.220. The number of hydrogen-bond donors (Lipinski definition) is 1. The second-order valence-electron chi connectivity index (χ2n) is 6.16. The number of hydrogen-bond acceptors (Lipinski definition) is 5. The lowest BCUT2D eigenvalue weighted by Gasteiger charge is -2.09. The second kappa shape index (κ2) is 7.25. The molecule has 1 N–H and O–H groups in total. The molecule has 3 aromatic rings. The van der Waals surface area contributed by atoms with Crippen LogP contribution in [0, 0.1) is 11.3 Å². The molecule has 0 saturated carbocycles. The highest BCUT2D eigenvalue weighted by molar-refractivity contribution is 5.92. The van der Waals surface area contributed by atoms with Crippen molar-refractivity contribution < 1.29 is 4.79 Å². The van der Waals surface area contributed by atoms with Crippen LogP contribution in [0.2, 0.25) is 0 Å². The first-order chi connectivity index (χ1) is 12.9. The molecule has 0 bridgehead atoms. The molecule has 0 aliphatic carbocycles. The Bertz CT molecular complexity index is 1180. The second-order valence-corrected chi connectivity index (χ2v) is 6.16. The summed E-state index contributed by atoms with van der Waals surface area (Å²) in [5.41, 5.74) is 1.25. The van der Waals surface area contributed by atoms with Gasteiger partial charge in [0.05, 0.1) is 28.9 Å². The van der Waals surface area contributed by atoms with E-state index in [0.717, 1.165) is 10.1 Å². The third-order valence-corrected chi connectivity index (χ3v) is 4.30. The van der Waals surface area contributed by atoms with Gasteiger partial charge >= 0.3 is 5.69 Å². The molecule has 0 aliphatic heterocycles. The van der Waals surface area contributed by atoms with E-state index in [-0.39, 0.29) is 23.4 Å². The van der Waals surface area contributed by atoms with E-state index in [9.17, 15) is 14.4 Å². The van der Waals surface area contributed by atoms with Gasteiger partial charge in [-0.2, -0.15) is 5.26 Å². The van der Waals surface area contributed by atoms with E-state index >= 15 is 0 Å². The Labute approximate surface area is 154 Å². The van der Waals surface area contributed by atoms with Crippen LogP contribution in [0.1, 0.15) is 17.5 Å². The normalized spacial score (nSPS) is 10.6. The van der Waals surface area contributed by atoms with Crippen LogP contribution in [0.4, 0.5) is 5.69 Å². The Morgan fingerprint density at radius 2 is 1.89 bits per heavy atom. The van der Waals surface area contributed by atoms with E-state index in [1.165, 1.54) is 30.9 Å². The maximum Gasteiger partial charge on any atom is 0.332 e. The number of carbonyl (C=O) groups excluding carboxylic acids is 1. The summed E-state index contributed by atoms with van der Waals surface area (Å²) >= 11 is 0. The van der Waals surface area contributed by atoms with Crippen molar-refractivity contribution in [2.45, 2.75) is 12.8 Å². The first-order valence-corrected chi connectivity index (χ1v) is 8.25. The first-order valence-electron chi connectivity index (χ1n) is 8.25. The lowest BCUT2D eigenvalue weighted by molar-refractivity contribution is -0.116. The number of carbonyl (C=O) groups is 1. The zero-order valence-electron chi connectivity index (χ0n) is 14.9. The summed E-state index contributed by atoms with van der Waals surface area (Å²) < 4.78 is 2.29. The summed E-state index contributed by atoms with van der Waals surface area (Å²) in [5, 5.41) is 11.8. The van der Waals surface area contributed by atoms with E-state index in [1.54, 1.807) is 12.1 Å². The molecular formula is C19H17N5O3. The van der Waals surface area contributed by atoms with Crippen molar-refractivity contribution in [1.29, 1.82) is 5.26 Å². The molecule has 136 valence electrons. The van der Waals surface area contributed by atoms with Crippen LogP contribution >= 0.6 is 0 Å². The summed E-state index contributed by atoms with van der Waals surface area (Å²) in [6.07, 6.45) is 2.19. The van der Waals surface area contributed by atoms with Gasteiger partial charge in [-0.15, -0.1) is 0 Å². The van der Waals surface area contributed by atoms with Crippen LogP contribution in [-0.2, 0) is 25.3 Å². The molecule has 0 aliphatic rings. The SMILES string of the molecule is Cn1c(=O)c2cc(NC(=O)CCc3ccc(C#N)cc3)cnc2n(C)c1=O. The van der Waals surface area contributed by atoms with Crippen molar-refractivity contribution in [2.75, 3.05) is 5.32 Å². The zero-order chi connectivity index (χ0) is 19.6. The molecule has 0 atom stereocenters. The Balaban J connectivity index is 1.76. The van der Waals surface area contributed by atoms with Gasteiger partial charge < -0.3 is 5.32 Å². The fraction of sp³-hybridized carbons (Fsp3) is 0.211. The molecule has 8 heteroatoms. The largest absolute Gasteiger partial charge is 0.332 e. The van der Waals surface area contributed by atoms with Gasteiger partial charge in [-0.1, -0.05) is 12.1 Å². The van der Waals surface area contributed by atoms with Crippen LogP contribution < -0.4 is 16.6 Å². The molecule has 0 saturated heterocycles. The highest BCUT2D eigenvalue weighted by atomic mass is 16.2. The lowest BCUT2D eigenvalue weighted by Crippen LogP contribution is -2.37. The van der Waals surface area contributed by atoms with Crippen molar-refractivity contribution in [3.63, 3.8) is 0 Å². The summed E-state index contributed by atoms with van der Waals surface area (Å²) in [7, 11) is 2.93. The maximum absolute atomic E-state index is 12.3. The molecule has 2 heterocycles. The average molecular weight is 363 g/mol. The van der Waals surface area contributed by atoms with Crippen LogP contribution in [0.25, 0.3) is 11.0 Å². The highest BCUT2D eigenvalue weighted by Crippen LogP contribution is 2.13. The Kier molecular flexibility index (Phi) is 4.86. The van der Waals surface area contributed by atoms with E-state index in [4.69, 9.17) is 5.26 Å². The predicted octanol–water partition coefficient (Wildman–Crippen LogP) is 1.08. The first kappa shape index (κ1) is 18.1. The number of anilines is 1. The minimum absolute atomic E-state index is 0.220. The number of rotatable bonds is 4. The van der Waals surface area contributed by atoms with Gasteiger partial charge in [-0.05, 0) is 30.2 Å². The van der Waals surface area contributed by atoms with Crippen molar-refractivity contribution in [3.05, 3.63) is 68.5 Å². The Morgan fingerprint density at radius 3 is 2.56 bits per heavy atom. The molecule has 27 heavy (non-hydrogen) atoms. The molecule has 0 unspecified atom stereocenters. The van der Waals surface area contributed by atoms with Crippen molar-refractivity contribution >= 4 is 22.6 Å². The topological polar surface area (TPSA) is 110 Å². The molecule has 0 spiro atoms. The maximum atomic E-state index is 12.3. The minimum Gasteiger partial charge on any atom is -0.325 e. The van der Waals surface area contributed by atoms with Gasteiger partial charge in [0.25, 0.3) is 5.56 Å². The van der Waals surface area contributed by atoms with Gasteiger partial charge in [-0.3, -0.25) is 18.7 Å². The number of nitrogens with zero attached hydrogens (tertiary/aromatic N) is 4. The lowest BCUT2D eigenvalue weighted by atomic mass is 10.1.